The minimum Gasteiger partial charge on any atom is -0.364 e. The number of nitrogens with zero attached hydrogens (tertiary/aromatic N) is 1. The Bertz CT molecular complexity index is 578. The molecule has 1 aromatic heterocycles. The summed E-state index contributed by atoms with van der Waals surface area (Å²) < 4.78 is 0. The topological polar surface area (TPSA) is 24.9 Å². The van der Waals surface area contributed by atoms with Crippen LogP contribution in [0.15, 0.2) is 36.4 Å². The molecule has 98 valence electrons. The van der Waals surface area contributed by atoms with Gasteiger partial charge < -0.3 is 5.32 Å². The lowest BCUT2D eigenvalue weighted by Crippen LogP contribution is -2.08. The molecule has 0 aliphatic heterocycles. The van der Waals surface area contributed by atoms with Gasteiger partial charge in [-0.25, -0.2) is 4.98 Å². The first kappa shape index (κ1) is 12.5. The van der Waals surface area contributed by atoms with Crippen molar-refractivity contribution in [3.05, 3.63) is 58.2 Å². The quantitative estimate of drug-likeness (QED) is 0.896. The zero-order valence-corrected chi connectivity index (χ0v) is 11.7. The zero-order chi connectivity index (χ0) is 13.2. The molecule has 1 aliphatic rings. The molecule has 0 saturated heterocycles. The molecular weight excluding hydrogens is 256 g/mol. The Morgan fingerprint density at radius 1 is 1.11 bits per heavy atom. The Labute approximate surface area is 118 Å². The lowest BCUT2D eigenvalue weighted by Gasteiger charge is -2.15. The summed E-state index contributed by atoms with van der Waals surface area (Å²) in [6, 6.07) is 12.4. The number of aryl methyl sites for hydroxylation is 2. The van der Waals surface area contributed by atoms with E-state index in [1.165, 1.54) is 29.7 Å². The van der Waals surface area contributed by atoms with Crippen LogP contribution in [0.2, 0.25) is 5.02 Å². The highest BCUT2D eigenvalue weighted by molar-refractivity contribution is 6.30. The van der Waals surface area contributed by atoms with Crippen molar-refractivity contribution in [3.63, 3.8) is 0 Å². The molecule has 2 nitrogen and oxygen atoms in total. The van der Waals surface area contributed by atoms with E-state index in [-0.39, 0.29) is 6.04 Å². The number of rotatable bonds is 3. The molecule has 1 unspecified atom stereocenters. The van der Waals surface area contributed by atoms with Crippen LogP contribution in [0.3, 0.4) is 0 Å². The lowest BCUT2D eigenvalue weighted by atomic mass is 10.1. The first-order valence-electron chi connectivity index (χ1n) is 6.73. The van der Waals surface area contributed by atoms with Gasteiger partial charge in [-0.2, -0.15) is 0 Å². The molecule has 0 saturated carbocycles. The van der Waals surface area contributed by atoms with Gasteiger partial charge in [-0.1, -0.05) is 29.8 Å². The smallest absolute Gasteiger partial charge is 0.126 e. The summed E-state index contributed by atoms with van der Waals surface area (Å²) >= 11 is 5.91. The fraction of sp³-hybridized carbons (Fsp3) is 0.312. The van der Waals surface area contributed by atoms with Crippen molar-refractivity contribution >= 4 is 17.4 Å². The molecule has 3 rings (SSSR count). The largest absolute Gasteiger partial charge is 0.364 e. The van der Waals surface area contributed by atoms with Gasteiger partial charge in [-0.05, 0) is 55.5 Å². The number of hydrogen-bond acceptors (Lipinski definition) is 2. The van der Waals surface area contributed by atoms with Gasteiger partial charge >= 0.3 is 0 Å². The predicted molar refractivity (Wildman–Crippen MR) is 79.8 cm³/mol. The van der Waals surface area contributed by atoms with Crippen LogP contribution in [0.4, 0.5) is 5.82 Å². The van der Waals surface area contributed by atoms with Crippen LogP contribution in [0.5, 0.6) is 0 Å². The van der Waals surface area contributed by atoms with Crippen LogP contribution >= 0.6 is 11.6 Å². The third-order valence-corrected chi connectivity index (χ3v) is 3.91. The number of benzene rings is 1. The molecule has 0 spiro atoms. The number of nitrogens with one attached hydrogen (secondary N) is 1. The molecule has 0 radical (unpaired) electrons. The number of aromatic nitrogens is 1. The maximum absolute atomic E-state index is 5.91. The first-order valence-corrected chi connectivity index (χ1v) is 7.11. The number of anilines is 1. The van der Waals surface area contributed by atoms with Crippen LogP contribution < -0.4 is 5.32 Å². The van der Waals surface area contributed by atoms with Gasteiger partial charge in [0, 0.05) is 16.8 Å². The van der Waals surface area contributed by atoms with Gasteiger partial charge in [-0.15, -0.1) is 0 Å². The molecule has 1 aliphatic carbocycles. The highest BCUT2D eigenvalue weighted by Crippen LogP contribution is 2.24. The minimum atomic E-state index is 0.226. The lowest BCUT2D eigenvalue weighted by molar-refractivity contribution is 0.866. The first-order chi connectivity index (χ1) is 9.22. The van der Waals surface area contributed by atoms with E-state index in [0.29, 0.717) is 0 Å². The van der Waals surface area contributed by atoms with Gasteiger partial charge in [0.25, 0.3) is 0 Å². The van der Waals surface area contributed by atoms with Crippen molar-refractivity contribution in [1.29, 1.82) is 0 Å². The molecule has 1 N–H and O–H groups in total. The van der Waals surface area contributed by atoms with Crippen LogP contribution in [0.25, 0.3) is 0 Å². The summed E-state index contributed by atoms with van der Waals surface area (Å²) in [7, 11) is 0. The number of pyridine rings is 1. The second-order valence-electron chi connectivity index (χ2n) is 5.07. The third kappa shape index (κ3) is 2.74. The highest BCUT2D eigenvalue weighted by Gasteiger charge is 2.13. The van der Waals surface area contributed by atoms with Crippen molar-refractivity contribution < 1.29 is 0 Å². The molecule has 0 amide bonds. The summed E-state index contributed by atoms with van der Waals surface area (Å²) in [4.78, 5) is 4.70. The summed E-state index contributed by atoms with van der Waals surface area (Å²) in [5.41, 5.74) is 3.88. The van der Waals surface area contributed by atoms with E-state index in [4.69, 9.17) is 16.6 Å². The molecular formula is C16H17ClN2. The fourth-order valence-corrected chi connectivity index (χ4v) is 2.68. The Hall–Kier alpha value is -1.54. The Morgan fingerprint density at radius 2 is 1.89 bits per heavy atom. The molecule has 19 heavy (non-hydrogen) atoms. The van der Waals surface area contributed by atoms with Crippen molar-refractivity contribution in [2.45, 2.75) is 32.2 Å². The molecule has 0 bridgehead atoms. The maximum atomic E-state index is 5.91. The second-order valence-corrected chi connectivity index (χ2v) is 5.51. The molecule has 1 aromatic carbocycles. The standard InChI is InChI=1S/C16H17ClN2/c1-11(12-5-8-14(17)9-6-12)18-16-10-7-13-3-2-4-15(13)19-16/h5-11H,2-4H2,1H3,(H,18,19). The number of halogens is 1. The predicted octanol–water partition coefficient (Wildman–Crippen LogP) is 4.40. The van der Waals surface area contributed by atoms with Crippen LogP contribution in [-0.2, 0) is 12.8 Å². The summed E-state index contributed by atoms with van der Waals surface area (Å²) in [5, 5.41) is 4.22. The number of fused-ring (bicyclic) bond motifs is 1. The van der Waals surface area contributed by atoms with E-state index < -0.39 is 0 Å². The molecule has 1 atom stereocenters. The van der Waals surface area contributed by atoms with E-state index in [9.17, 15) is 0 Å². The van der Waals surface area contributed by atoms with E-state index in [1.54, 1.807) is 0 Å². The number of hydrogen-bond donors (Lipinski definition) is 1. The SMILES string of the molecule is CC(Nc1ccc2c(n1)CCC2)c1ccc(Cl)cc1. The summed E-state index contributed by atoms with van der Waals surface area (Å²) in [6.45, 7) is 2.14. The average molecular weight is 273 g/mol. The van der Waals surface area contributed by atoms with Crippen LogP contribution in [0, 0.1) is 0 Å². The molecule has 3 heteroatoms. The molecule has 2 aromatic rings. The van der Waals surface area contributed by atoms with Gasteiger partial charge in [0.1, 0.15) is 5.82 Å². The Morgan fingerprint density at radius 3 is 2.68 bits per heavy atom. The Balaban J connectivity index is 1.75. The van der Waals surface area contributed by atoms with Gasteiger partial charge in [0.15, 0.2) is 0 Å². The molecule has 1 heterocycles. The normalized spacial score (nSPS) is 15.1. The highest BCUT2D eigenvalue weighted by atomic mass is 35.5. The van der Waals surface area contributed by atoms with Crippen molar-refractivity contribution in [2.24, 2.45) is 0 Å². The summed E-state index contributed by atoms with van der Waals surface area (Å²) in [6.07, 6.45) is 3.52. The van der Waals surface area contributed by atoms with Crippen molar-refractivity contribution in [3.8, 4) is 0 Å². The van der Waals surface area contributed by atoms with Gasteiger partial charge in [0.2, 0.25) is 0 Å². The minimum absolute atomic E-state index is 0.226. The second kappa shape index (κ2) is 5.22. The Kier molecular flexibility index (Phi) is 3.43. The van der Waals surface area contributed by atoms with Crippen molar-refractivity contribution in [2.75, 3.05) is 5.32 Å². The van der Waals surface area contributed by atoms with Crippen LogP contribution in [0.1, 0.15) is 36.2 Å². The molecule has 0 fully saturated rings. The maximum Gasteiger partial charge on any atom is 0.126 e. The van der Waals surface area contributed by atoms with E-state index in [1.807, 2.05) is 24.3 Å². The monoisotopic (exact) mass is 272 g/mol. The summed E-state index contributed by atoms with van der Waals surface area (Å²) in [5.74, 6) is 0.961. The average Bonchev–Trinajstić information content (AvgIpc) is 2.87. The van der Waals surface area contributed by atoms with E-state index in [0.717, 1.165) is 17.3 Å². The van der Waals surface area contributed by atoms with Crippen LogP contribution in [-0.4, -0.2) is 4.98 Å². The van der Waals surface area contributed by atoms with E-state index in [2.05, 4.69) is 24.4 Å². The third-order valence-electron chi connectivity index (χ3n) is 3.66. The van der Waals surface area contributed by atoms with Crippen molar-refractivity contribution in [1.82, 2.24) is 4.98 Å². The van der Waals surface area contributed by atoms with Gasteiger partial charge in [-0.3, -0.25) is 0 Å². The van der Waals surface area contributed by atoms with Gasteiger partial charge in [0.05, 0.1) is 0 Å². The fourth-order valence-electron chi connectivity index (χ4n) is 2.56. The zero-order valence-electron chi connectivity index (χ0n) is 11.0. The van der Waals surface area contributed by atoms with E-state index >= 15 is 0 Å².